The van der Waals surface area contributed by atoms with Crippen molar-refractivity contribution in [1.82, 2.24) is 19.5 Å². The normalized spacial score (nSPS) is 10.7. The van der Waals surface area contributed by atoms with Gasteiger partial charge in [-0.2, -0.15) is 0 Å². The molecular weight excluding hydrogens is 340 g/mol. The van der Waals surface area contributed by atoms with Crippen LogP contribution < -0.4 is 0 Å². The number of carboxylic acids is 1. The van der Waals surface area contributed by atoms with Crippen molar-refractivity contribution < 1.29 is 9.90 Å². The third kappa shape index (κ3) is 3.46. The minimum Gasteiger partial charge on any atom is -0.478 e. The lowest BCUT2D eigenvalue weighted by Crippen LogP contribution is -2.03. The van der Waals surface area contributed by atoms with Crippen molar-refractivity contribution in [1.29, 1.82) is 0 Å². The van der Waals surface area contributed by atoms with Gasteiger partial charge in [-0.05, 0) is 18.2 Å². The molecule has 0 spiro atoms. The summed E-state index contributed by atoms with van der Waals surface area (Å²) in [5, 5.41) is 9.16. The molecule has 6 heteroatoms. The van der Waals surface area contributed by atoms with Gasteiger partial charge in [0.05, 0.1) is 35.5 Å². The molecule has 1 N–H and O–H groups in total. The average molecular weight is 356 g/mol. The molecule has 4 aromatic rings. The van der Waals surface area contributed by atoms with Gasteiger partial charge in [0.25, 0.3) is 0 Å². The van der Waals surface area contributed by atoms with E-state index in [1.54, 1.807) is 24.7 Å². The SMILES string of the molecule is O=C(O)c1ccc(-c2c(-c3ccccc3)ncn2Cc2ccncn2)cc1. The van der Waals surface area contributed by atoms with Crippen LogP contribution in [0.1, 0.15) is 16.1 Å². The number of aromatic nitrogens is 4. The minimum absolute atomic E-state index is 0.252. The fourth-order valence-electron chi connectivity index (χ4n) is 2.97. The van der Waals surface area contributed by atoms with Crippen LogP contribution in [0.5, 0.6) is 0 Å². The second-order valence-corrected chi connectivity index (χ2v) is 6.02. The Bertz CT molecular complexity index is 1060. The monoisotopic (exact) mass is 356 g/mol. The van der Waals surface area contributed by atoms with Crippen LogP contribution in [0.25, 0.3) is 22.5 Å². The molecule has 0 aliphatic carbocycles. The zero-order chi connectivity index (χ0) is 18.6. The molecule has 0 aliphatic rings. The Morgan fingerprint density at radius 1 is 0.926 bits per heavy atom. The molecule has 0 amide bonds. The van der Waals surface area contributed by atoms with Crippen LogP contribution in [0.15, 0.2) is 79.5 Å². The molecule has 0 saturated heterocycles. The van der Waals surface area contributed by atoms with E-state index in [9.17, 15) is 4.79 Å². The molecule has 0 fully saturated rings. The first kappa shape index (κ1) is 16.7. The van der Waals surface area contributed by atoms with Crippen LogP contribution >= 0.6 is 0 Å². The summed E-state index contributed by atoms with van der Waals surface area (Å²) in [4.78, 5) is 24.0. The third-order valence-corrected chi connectivity index (χ3v) is 4.27. The molecule has 0 unspecified atom stereocenters. The number of imidazole rings is 1. The van der Waals surface area contributed by atoms with E-state index in [1.165, 1.54) is 6.33 Å². The summed E-state index contributed by atoms with van der Waals surface area (Å²) in [5.41, 5.74) is 4.76. The van der Waals surface area contributed by atoms with Crippen molar-refractivity contribution in [3.63, 3.8) is 0 Å². The lowest BCUT2D eigenvalue weighted by molar-refractivity contribution is 0.0697. The Morgan fingerprint density at radius 3 is 2.37 bits per heavy atom. The van der Waals surface area contributed by atoms with E-state index in [0.717, 1.165) is 28.2 Å². The van der Waals surface area contributed by atoms with E-state index in [-0.39, 0.29) is 5.56 Å². The molecule has 0 atom stereocenters. The third-order valence-electron chi connectivity index (χ3n) is 4.27. The van der Waals surface area contributed by atoms with Gasteiger partial charge in [0, 0.05) is 17.3 Å². The maximum absolute atomic E-state index is 11.2. The summed E-state index contributed by atoms with van der Waals surface area (Å²) in [6, 6.07) is 18.6. The van der Waals surface area contributed by atoms with Crippen LogP contribution in [0.2, 0.25) is 0 Å². The van der Waals surface area contributed by atoms with Crippen molar-refractivity contribution in [3.05, 3.63) is 90.8 Å². The first-order valence-electron chi connectivity index (χ1n) is 8.41. The molecule has 0 radical (unpaired) electrons. The summed E-state index contributed by atoms with van der Waals surface area (Å²) in [6.45, 7) is 0.540. The summed E-state index contributed by atoms with van der Waals surface area (Å²) in [7, 11) is 0. The Balaban J connectivity index is 1.83. The van der Waals surface area contributed by atoms with Gasteiger partial charge in [0.15, 0.2) is 0 Å². The van der Waals surface area contributed by atoms with Gasteiger partial charge in [-0.3, -0.25) is 0 Å². The van der Waals surface area contributed by atoms with Gasteiger partial charge < -0.3 is 9.67 Å². The molecule has 2 aromatic carbocycles. The van der Waals surface area contributed by atoms with Gasteiger partial charge in [0.1, 0.15) is 6.33 Å². The van der Waals surface area contributed by atoms with Crippen molar-refractivity contribution in [2.75, 3.05) is 0 Å². The zero-order valence-electron chi connectivity index (χ0n) is 14.4. The predicted octanol–water partition coefficient (Wildman–Crippen LogP) is 3.75. The molecule has 6 nitrogen and oxygen atoms in total. The number of rotatable bonds is 5. The highest BCUT2D eigenvalue weighted by molar-refractivity contribution is 5.89. The fraction of sp³-hybridized carbons (Fsp3) is 0.0476. The van der Waals surface area contributed by atoms with Gasteiger partial charge in [0.2, 0.25) is 0 Å². The van der Waals surface area contributed by atoms with E-state index in [0.29, 0.717) is 6.54 Å². The van der Waals surface area contributed by atoms with Crippen molar-refractivity contribution in [2.45, 2.75) is 6.54 Å². The van der Waals surface area contributed by atoms with E-state index in [1.807, 2.05) is 53.1 Å². The highest BCUT2D eigenvalue weighted by atomic mass is 16.4. The highest BCUT2D eigenvalue weighted by Gasteiger charge is 2.16. The molecule has 132 valence electrons. The Kier molecular flexibility index (Phi) is 4.45. The Morgan fingerprint density at radius 2 is 1.70 bits per heavy atom. The Labute approximate surface area is 155 Å². The van der Waals surface area contributed by atoms with Gasteiger partial charge >= 0.3 is 5.97 Å². The quantitative estimate of drug-likeness (QED) is 0.589. The standard InChI is InChI=1S/C21H16N4O2/c26-21(27)17-8-6-16(7-9-17)20-19(15-4-2-1-3-5-15)24-14-25(20)12-18-10-11-22-13-23-18/h1-11,13-14H,12H2,(H,26,27). The highest BCUT2D eigenvalue weighted by Crippen LogP contribution is 2.31. The lowest BCUT2D eigenvalue weighted by atomic mass is 10.0. The number of carboxylic acid groups (broad SMARTS) is 1. The number of hydrogen-bond donors (Lipinski definition) is 1. The first-order chi connectivity index (χ1) is 13.2. The smallest absolute Gasteiger partial charge is 0.335 e. The molecule has 0 aliphatic heterocycles. The molecule has 27 heavy (non-hydrogen) atoms. The topological polar surface area (TPSA) is 80.9 Å². The molecule has 0 saturated carbocycles. The van der Waals surface area contributed by atoms with Crippen LogP contribution in [0.4, 0.5) is 0 Å². The molecule has 4 rings (SSSR count). The summed E-state index contributed by atoms with van der Waals surface area (Å²) >= 11 is 0. The summed E-state index contributed by atoms with van der Waals surface area (Å²) in [6.07, 6.45) is 5.01. The Hall–Kier alpha value is -3.80. The minimum atomic E-state index is -0.945. The number of nitrogens with zero attached hydrogens (tertiary/aromatic N) is 4. The van der Waals surface area contributed by atoms with Crippen molar-refractivity contribution >= 4 is 5.97 Å². The molecule has 2 aromatic heterocycles. The van der Waals surface area contributed by atoms with E-state index < -0.39 is 5.97 Å². The van der Waals surface area contributed by atoms with Gasteiger partial charge in [-0.25, -0.2) is 19.7 Å². The number of carbonyl (C=O) groups is 1. The summed E-state index contributed by atoms with van der Waals surface area (Å²) in [5.74, 6) is -0.945. The first-order valence-corrected chi connectivity index (χ1v) is 8.41. The van der Waals surface area contributed by atoms with Gasteiger partial charge in [-0.1, -0.05) is 42.5 Å². The summed E-state index contributed by atoms with van der Waals surface area (Å²) < 4.78 is 2.01. The predicted molar refractivity (Wildman–Crippen MR) is 101 cm³/mol. The second kappa shape index (κ2) is 7.21. The van der Waals surface area contributed by atoms with Crippen LogP contribution in [0.3, 0.4) is 0 Å². The van der Waals surface area contributed by atoms with Crippen molar-refractivity contribution in [2.24, 2.45) is 0 Å². The fourth-order valence-corrected chi connectivity index (χ4v) is 2.97. The maximum Gasteiger partial charge on any atom is 0.335 e. The van der Waals surface area contributed by atoms with Gasteiger partial charge in [-0.15, -0.1) is 0 Å². The number of benzene rings is 2. The molecule has 0 bridgehead atoms. The van der Waals surface area contributed by atoms with E-state index in [4.69, 9.17) is 5.11 Å². The molecule has 2 heterocycles. The zero-order valence-corrected chi connectivity index (χ0v) is 14.4. The number of aromatic carboxylic acids is 1. The van der Waals surface area contributed by atoms with Crippen LogP contribution in [-0.4, -0.2) is 30.6 Å². The maximum atomic E-state index is 11.2. The largest absolute Gasteiger partial charge is 0.478 e. The average Bonchev–Trinajstić information content (AvgIpc) is 3.13. The molecular formula is C21H16N4O2. The van der Waals surface area contributed by atoms with Crippen LogP contribution in [0, 0.1) is 0 Å². The van der Waals surface area contributed by atoms with E-state index >= 15 is 0 Å². The lowest BCUT2D eigenvalue weighted by Gasteiger charge is -2.11. The second-order valence-electron chi connectivity index (χ2n) is 6.02. The van der Waals surface area contributed by atoms with E-state index in [2.05, 4.69) is 15.0 Å². The van der Waals surface area contributed by atoms with Crippen LogP contribution in [-0.2, 0) is 6.54 Å². The number of hydrogen-bond acceptors (Lipinski definition) is 4. The van der Waals surface area contributed by atoms with Crippen molar-refractivity contribution in [3.8, 4) is 22.5 Å².